The number of ether oxygens (including phenoxy) is 3. The zero-order valence-corrected chi connectivity index (χ0v) is 54.5. The Morgan fingerprint density at radius 1 is 0.256 bits per heavy atom. The highest BCUT2D eigenvalue weighted by atomic mass is 16.6. The molecule has 0 aromatic heterocycles. The van der Waals surface area contributed by atoms with Crippen molar-refractivity contribution in [3.63, 3.8) is 0 Å². The molecule has 0 saturated heterocycles. The van der Waals surface area contributed by atoms with Gasteiger partial charge in [-0.25, -0.2) is 0 Å². The molecule has 0 aliphatic carbocycles. The maximum absolute atomic E-state index is 12.9. The Morgan fingerprint density at radius 2 is 0.476 bits per heavy atom. The molecular formula is C76H134O6. The maximum atomic E-state index is 12.9. The van der Waals surface area contributed by atoms with Gasteiger partial charge < -0.3 is 14.2 Å². The molecule has 6 heteroatoms. The lowest BCUT2D eigenvalue weighted by atomic mass is 10.0. The summed E-state index contributed by atoms with van der Waals surface area (Å²) in [7, 11) is 0. The van der Waals surface area contributed by atoms with Crippen molar-refractivity contribution in [1.82, 2.24) is 0 Å². The summed E-state index contributed by atoms with van der Waals surface area (Å²) in [6.07, 6.45) is 93.7. The van der Waals surface area contributed by atoms with Crippen LogP contribution in [-0.4, -0.2) is 37.2 Å². The number of allylic oxidation sites excluding steroid dienone is 14. The Balaban J connectivity index is 4.01. The van der Waals surface area contributed by atoms with Crippen LogP contribution in [0.15, 0.2) is 85.1 Å². The number of carbonyl (C=O) groups is 3. The van der Waals surface area contributed by atoms with E-state index in [0.717, 1.165) is 96.3 Å². The first-order valence-corrected chi connectivity index (χ1v) is 35.6. The quantitative estimate of drug-likeness (QED) is 0.0261. The highest BCUT2D eigenvalue weighted by molar-refractivity contribution is 5.71. The van der Waals surface area contributed by atoms with Gasteiger partial charge in [-0.2, -0.15) is 0 Å². The third-order valence-electron chi connectivity index (χ3n) is 15.6. The van der Waals surface area contributed by atoms with Crippen LogP contribution in [0.1, 0.15) is 361 Å². The molecule has 6 nitrogen and oxygen atoms in total. The largest absolute Gasteiger partial charge is 0.462 e. The van der Waals surface area contributed by atoms with Crippen LogP contribution in [0.3, 0.4) is 0 Å². The fraction of sp³-hybridized carbons (Fsp3) is 0.776. The Kier molecular flexibility index (Phi) is 67.2. The summed E-state index contributed by atoms with van der Waals surface area (Å²) in [6.45, 7) is 6.50. The predicted octanol–water partition coefficient (Wildman–Crippen LogP) is 24.6. The van der Waals surface area contributed by atoms with Crippen molar-refractivity contribution in [2.24, 2.45) is 0 Å². The van der Waals surface area contributed by atoms with Crippen LogP contribution in [-0.2, 0) is 28.6 Å². The Labute approximate surface area is 509 Å². The van der Waals surface area contributed by atoms with E-state index in [1.54, 1.807) is 0 Å². The van der Waals surface area contributed by atoms with E-state index in [-0.39, 0.29) is 31.1 Å². The van der Waals surface area contributed by atoms with Crippen LogP contribution in [0, 0.1) is 0 Å². The van der Waals surface area contributed by atoms with E-state index in [1.165, 1.54) is 225 Å². The molecule has 474 valence electrons. The summed E-state index contributed by atoms with van der Waals surface area (Å²) in [5.41, 5.74) is 0. The van der Waals surface area contributed by atoms with E-state index in [2.05, 4.69) is 106 Å². The molecule has 0 aromatic rings. The van der Waals surface area contributed by atoms with E-state index in [0.29, 0.717) is 19.3 Å². The fourth-order valence-electron chi connectivity index (χ4n) is 10.3. The number of unbranched alkanes of at least 4 members (excludes halogenated alkanes) is 40. The van der Waals surface area contributed by atoms with E-state index in [9.17, 15) is 14.4 Å². The monoisotopic (exact) mass is 1140 g/mol. The minimum Gasteiger partial charge on any atom is -0.462 e. The van der Waals surface area contributed by atoms with Gasteiger partial charge in [0.15, 0.2) is 6.10 Å². The van der Waals surface area contributed by atoms with E-state index < -0.39 is 6.10 Å². The second-order valence-electron chi connectivity index (χ2n) is 23.8. The molecule has 0 aliphatic heterocycles. The lowest BCUT2D eigenvalue weighted by Gasteiger charge is -2.18. The summed E-state index contributed by atoms with van der Waals surface area (Å²) in [5, 5.41) is 0. The number of hydrogen-bond donors (Lipinski definition) is 0. The van der Waals surface area contributed by atoms with Gasteiger partial charge in [0.05, 0.1) is 0 Å². The average Bonchev–Trinajstić information content (AvgIpc) is 3.47. The Morgan fingerprint density at radius 3 is 0.744 bits per heavy atom. The van der Waals surface area contributed by atoms with Crippen molar-refractivity contribution in [2.75, 3.05) is 13.2 Å². The molecule has 0 rings (SSSR count). The molecule has 1 atom stereocenters. The molecule has 0 bridgehead atoms. The molecule has 0 aromatic carbocycles. The fourth-order valence-corrected chi connectivity index (χ4v) is 10.3. The van der Waals surface area contributed by atoms with Crippen LogP contribution in [0.2, 0.25) is 0 Å². The van der Waals surface area contributed by atoms with Crippen molar-refractivity contribution >= 4 is 17.9 Å². The summed E-state index contributed by atoms with van der Waals surface area (Å²) < 4.78 is 16.9. The number of carbonyl (C=O) groups excluding carboxylic acids is 3. The smallest absolute Gasteiger partial charge is 0.306 e. The van der Waals surface area contributed by atoms with Crippen molar-refractivity contribution in [1.29, 1.82) is 0 Å². The second-order valence-corrected chi connectivity index (χ2v) is 23.8. The van der Waals surface area contributed by atoms with Crippen molar-refractivity contribution in [3.05, 3.63) is 85.1 Å². The highest BCUT2D eigenvalue weighted by Gasteiger charge is 2.19. The number of hydrogen-bond acceptors (Lipinski definition) is 6. The second kappa shape index (κ2) is 70.1. The molecule has 0 saturated carbocycles. The average molecular weight is 1140 g/mol. The molecule has 0 amide bonds. The first-order valence-electron chi connectivity index (χ1n) is 35.6. The molecule has 0 fully saturated rings. The van der Waals surface area contributed by atoms with Gasteiger partial charge >= 0.3 is 17.9 Å². The summed E-state index contributed by atoms with van der Waals surface area (Å²) in [5.74, 6) is -0.865. The SMILES string of the molecule is CC/C=C\C/C=C\C/C=C\C/C=C\CCCCCCCCCCCCCCCCCCC(=O)OCC(COC(=O)CCCCCCCC)OC(=O)CCCCCCCCCCCCCCCC/C=C\C/C=C\C/C=C\CCCCCCC. The van der Waals surface area contributed by atoms with Crippen LogP contribution in [0.4, 0.5) is 0 Å². The van der Waals surface area contributed by atoms with Gasteiger partial charge in [0, 0.05) is 19.3 Å². The first kappa shape index (κ1) is 78.6. The minimum atomic E-state index is -0.773. The summed E-state index contributed by atoms with van der Waals surface area (Å²) >= 11 is 0. The molecule has 82 heavy (non-hydrogen) atoms. The van der Waals surface area contributed by atoms with Crippen LogP contribution in [0.25, 0.3) is 0 Å². The van der Waals surface area contributed by atoms with Crippen molar-refractivity contribution in [3.8, 4) is 0 Å². The normalized spacial score (nSPS) is 12.6. The van der Waals surface area contributed by atoms with Gasteiger partial charge in [-0.3, -0.25) is 14.4 Å². The van der Waals surface area contributed by atoms with Gasteiger partial charge in [0.2, 0.25) is 0 Å². The minimum absolute atomic E-state index is 0.0724. The third-order valence-corrected chi connectivity index (χ3v) is 15.6. The third kappa shape index (κ3) is 67.4. The molecular weight excluding hydrogens is 1010 g/mol. The summed E-state index contributed by atoms with van der Waals surface area (Å²) in [6, 6.07) is 0. The topological polar surface area (TPSA) is 78.9 Å². The number of rotatable bonds is 65. The van der Waals surface area contributed by atoms with Gasteiger partial charge in [-0.05, 0) is 96.3 Å². The lowest BCUT2D eigenvalue weighted by Crippen LogP contribution is -2.30. The Bertz CT molecular complexity index is 1550. The van der Waals surface area contributed by atoms with Crippen molar-refractivity contribution < 1.29 is 28.6 Å². The van der Waals surface area contributed by atoms with Gasteiger partial charge in [-0.15, -0.1) is 0 Å². The zero-order valence-electron chi connectivity index (χ0n) is 54.5. The first-order chi connectivity index (χ1) is 40.5. The molecule has 0 aliphatic rings. The predicted molar refractivity (Wildman–Crippen MR) is 358 cm³/mol. The van der Waals surface area contributed by atoms with Crippen LogP contribution < -0.4 is 0 Å². The van der Waals surface area contributed by atoms with E-state index >= 15 is 0 Å². The van der Waals surface area contributed by atoms with Crippen LogP contribution >= 0.6 is 0 Å². The zero-order chi connectivity index (χ0) is 59.2. The van der Waals surface area contributed by atoms with Crippen LogP contribution in [0.5, 0.6) is 0 Å². The molecule has 0 spiro atoms. The number of esters is 3. The standard InChI is InChI=1S/C76H134O6/c1-4-7-10-13-16-18-20-22-24-26-28-30-32-34-36-38-40-42-44-46-48-50-52-54-56-58-60-63-66-69-75(78)81-72-73(71-80-74(77)68-65-62-15-12-9-6-3)82-76(79)70-67-64-61-59-57-55-53-51-49-47-45-43-41-39-37-35-33-31-29-27-25-23-21-19-17-14-11-8-5-2/h7,10,16,18,21-24,27-30,33,35,73H,4-6,8-9,11-15,17,19-20,25-26,31-32,34,36-72H2,1-3H3/b10-7-,18-16-,23-21-,24-22-,29-27-,30-28-,35-33-. The maximum Gasteiger partial charge on any atom is 0.306 e. The van der Waals surface area contributed by atoms with Gasteiger partial charge in [-0.1, -0.05) is 331 Å². The molecule has 0 radical (unpaired) electrons. The lowest BCUT2D eigenvalue weighted by molar-refractivity contribution is -0.167. The van der Waals surface area contributed by atoms with E-state index in [1.807, 2.05) is 0 Å². The van der Waals surface area contributed by atoms with E-state index in [4.69, 9.17) is 14.2 Å². The highest BCUT2D eigenvalue weighted by Crippen LogP contribution is 2.18. The summed E-state index contributed by atoms with van der Waals surface area (Å²) in [4.78, 5) is 38.1. The van der Waals surface area contributed by atoms with Crippen molar-refractivity contribution in [2.45, 2.75) is 367 Å². The van der Waals surface area contributed by atoms with Gasteiger partial charge in [0.25, 0.3) is 0 Å². The molecule has 0 heterocycles. The molecule has 1 unspecified atom stereocenters. The molecule has 0 N–H and O–H groups in total. The van der Waals surface area contributed by atoms with Gasteiger partial charge in [0.1, 0.15) is 13.2 Å². The Hall–Kier alpha value is -3.41.